The van der Waals surface area contributed by atoms with Gasteiger partial charge in [-0.1, -0.05) is 5.16 Å². The zero-order chi connectivity index (χ0) is 14.5. The number of hydrogen-bond donors (Lipinski definition) is 1. The Morgan fingerprint density at radius 1 is 1.40 bits per heavy atom. The molecule has 0 saturated carbocycles. The molecule has 1 unspecified atom stereocenters. The number of carbonyl (C=O) groups is 1. The molecule has 106 valence electrons. The van der Waals surface area contributed by atoms with Gasteiger partial charge in [-0.25, -0.2) is 0 Å². The monoisotopic (exact) mass is 275 g/mol. The molecule has 20 heavy (non-hydrogen) atoms. The third kappa shape index (κ3) is 3.21. The van der Waals surface area contributed by atoms with Crippen LogP contribution >= 0.6 is 0 Å². The van der Waals surface area contributed by atoms with Gasteiger partial charge in [0.25, 0.3) is 0 Å². The average molecular weight is 275 g/mol. The van der Waals surface area contributed by atoms with Gasteiger partial charge in [-0.2, -0.15) is 4.98 Å². The maximum atomic E-state index is 11.4. The molecular weight excluding hydrogens is 258 g/mol. The number of methoxy groups -OCH3 is 1. The van der Waals surface area contributed by atoms with Crippen molar-refractivity contribution in [3.63, 3.8) is 0 Å². The van der Waals surface area contributed by atoms with E-state index < -0.39 is 0 Å². The van der Waals surface area contributed by atoms with Crippen molar-refractivity contribution in [2.45, 2.75) is 19.4 Å². The number of ketones is 1. The number of aromatic nitrogens is 2. The Kier molecular flexibility index (Phi) is 4.47. The second-order valence-corrected chi connectivity index (χ2v) is 4.40. The van der Waals surface area contributed by atoms with Crippen LogP contribution in [0.4, 0.5) is 0 Å². The lowest BCUT2D eigenvalue weighted by Crippen LogP contribution is -2.34. The van der Waals surface area contributed by atoms with Gasteiger partial charge in [0.05, 0.1) is 13.2 Å². The summed E-state index contributed by atoms with van der Waals surface area (Å²) in [6, 6.07) is 7.07. The summed E-state index contributed by atoms with van der Waals surface area (Å²) < 4.78 is 10.3. The lowest BCUT2D eigenvalue weighted by atomic mass is 10.1. The average Bonchev–Trinajstić information content (AvgIpc) is 2.93. The molecule has 1 aromatic heterocycles. The van der Waals surface area contributed by atoms with Crippen LogP contribution in [0.3, 0.4) is 0 Å². The molecule has 0 bridgehead atoms. The largest absolute Gasteiger partial charge is 0.497 e. The first-order chi connectivity index (χ1) is 9.63. The molecular formula is C14H17N3O3. The van der Waals surface area contributed by atoms with E-state index in [-0.39, 0.29) is 11.8 Å². The van der Waals surface area contributed by atoms with Gasteiger partial charge in [-0.05, 0) is 38.2 Å². The third-order valence-corrected chi connectivity index (χ3v) is 3.03. The summed E-state index contributed by atoms with van der Waals surface area (Å²) >= 11 is 0. The molecule has 0 fully saturated rings. The maximum Gasteiger partial charge on any atom is 0.228 e. The minimum atomic E-state index is -0.306. The van der Waals surface area contributed by atoms with Crippen LogP contribution in [0, 0.1) is 0 Å². The first kappa shape index (κ1) is 14.2. The summed E-state index contributed by atoms with van der Waals surface area (Å²) in [6.45, 7) is 1.53. The van der Waals surface area contributed by atoms with Crippen molar-refractivity contribution in [3.05, 3.63) is 30.2 Å². The van der Waals surface area contributed by atoms with E-state index in [1.807, 2.05) is 24.3 Å². The predicted octanol–water partition coefficient (Wildman–Crippen LogP) is 1.46. The number of carbonyl (C=O) groups excluding carboxylic acids is 1. The van der Waals surface area contributed by atoms with Gasteiger partial charge in [0.1, 0.15) is 11.5 Å². The Labute approximate surface area is 117 Å². The fraction of sp³-hybridized carbons (Fsp3) is 0.357. The molecule has 6 nitrogen and oxygen atoms in total. The smallest absolute Gasteiger partial charge is 0.228 e. The first-order valence-corrected chi connectivity index (χ1v) is 6.28. The summed E-state index contributed by atoms with van der Waals surface area (Å²) in [5, 5.41) is 6.84. The van der Waals surface area contributed by atoms with E-state index in [4.69, 9.17) is 9.26 Å². The number of hydrogen-bond acceptors (Lipinski definition) is 6. The van der Waals surface area contributed by atoms with Gasteiger partial charge in [-0.15, -0.1) is 0 Å². The molecule has 6 heteroatoms. The van der Waals surface area contributed by atoms with E-state index in [0.717, 1.165) is 11.3 Å². The number of nitrogens with one attached hydrogen (secondary N) is 1. The molecule has 1 aromatic carbocycles. The Morgan fingerprint density at radius 3 is 2.65 bits per heavy atom. The zero-order valence-corrected chi connectivity index (χ0v) is 11.7. The van der Waals surface area contributed by atoms with Crippen LogP contribution in [-0.2, 0) is 11.2 Å². The Balaban J connectivity index is 2.13. The van der Waals surface area contributed by atoms with Gasteiger partial charge >= 0.3 is 0 Å². The quantitative estimate of drug-likeness (QED) is 0.860. The summed E-state index contributed by atoms with van der Waals surface area (Å²) in [4.78, 5) is 15.7. The lowest BCUT2D eigenvalue weighted by molar-refractivity contribution is -0.118. The van der Waals surface area contributed by atoms with Gasteiger partial charge in [0, 0.05) is 12.0 Å². The minimum absolute atomic E-state index is 0.0386. The SMILES string of the molecule is CNC(Cc1nc(-c2ccc(OC)cc2)no1)C(C)=O. The molecule has 0 radical (unpaired) electrons. The van der Waals surface area contributed by atoms with Crippen molar-refractivity contribution in [1.82, 2.24) is 15.5 Å². The highest BCUT2D eigenvalue weighted by atomic mass is 16.5. The molecule has 0 aliphatic carbocycles. The van der Waals surface area contributed by atoms with E-state index in [0.29, 0.717) is 18.1 Å². The second kappa shape index (κ2) is 6.29. The third-order valence-electron chi connectivity index (χ3n) is 3.03. The zero-order valence-electron chi connectivity index (χ0n) is 11.7. The number of likely N-dealkylation sites (N-methyl/N-ethyl adjacent to an activating group) is 1. The molecule has 1 N–H and O–H groups in total. The Hall–Kier alpha value is -2.21. The van der Waals surface area contributed by atoms with E-state index in [9.17, 15) is 4.79 Å². The number of benzene rings is 1. The van der Waals surface area contributed by atoms with E-state index in [1.165, 1.54) is 6.92 Å². The predicted molar refractivity (Wildman–Crippen MR) is 73.5 cm³/mol. The van der Waals surface area contributed by atoms with E-state index in [1.54, 1.807) is 14.2 Å². The number of Topliss-reactive ketones (excluding diaryl/α,β-unsaturated/α-hetero) is 1. The van der Waals surface area contributed by atoms with Crippen molar-refractivity contribution in [2.75, 3.05) is 14.2 Å². The standard InChI is InChI=1S/C14H17N3O3/c1-9(18)12(15-2)8-13-16-14(17-20-13)10-4-6-11(19-3)7-5-10/h4-7,12,15H,8H2,1-3H3. The van der Waals surface area contributed by atoms with Crippen molar-refractivity contribution in [3.8, 4) is 17.1 Å². The van der Waals surface area contributed by atoms with Crippen LogP contribution in [0.5, 0.6) is 5.75 Å². The highest BCUT2D eigenvalue weighted by Gasteiger charge is 2.17. The number of nitrogens with zero attached hydrogens (tertiary/aromatic N) is 2. The van der Waals surface area contributed by atoms with Gasteiger partial charge in [0.2, 0.25) is 11.7 Å². The molecule has 0 spiro atoms. The molecule has 2 rings (SSSR count). The van der Waals surface area contributed by atoms with E-state index >= 15 is 0 Å². The van der Waals surface area contributed by atoms with Crippen molar-refractivity contribution < 1.29 is 14.1 Å². The van der Waals surface area contributed by atoms with Crippen LogP contribution in [-0.4, -0.2) is 36.1 Å². The molecule has 0 saturated heterocycles. The number of ether oxygens (including phenoxy) is 1. The fourth-order valence-corrected chi connectivity index (χ4v) is 1.82. The molecule has 0 aliphatic rings. The number of rotatable bonds is 6. The van der Waals surface area contributed by atoms with Gasteiger partial charge in [0.15, 0.2) is 0 Å². The fourth-order valence-electron chi connectivity index (χ4n) is 1.82. The summed E-state index contributed by atoms with van der Waals surface area (Å²) in [6.07, 6.45) is 0.384. The van der Waals surface area contributed by atoms with Crippen LogP contribution in [0.15, 0.2) is 28.8 Å². The molecule has 1 atom stereocenters. The van der Waals surface area contributed by atoms with E-state index in [2.05, 4.69) is 15.5 Å². The van der Waals surface area contributed by atoms with Crippen molar-refractivity contribution >= 4 is 5.78 Å². The van der Waals surface area contributed by atoms with Crippen LogP contribution < -0.4 is 10.1 Å². The highest BCUT2D eigenvalue weighted by Crippen LogP contribution is 2.20. The summed E-state index contributed by atoms with van der Waals surface area (Å²) in [5.41, 5.74) is 0.838. The molecule has 2 aromatic rings. The van der Waals surface area contributed by atoms with Crippen molar-refractivity contribution in [2.24, 2.45) is 0 Å². The highest BCUT2D eigenvalue weighted by molar-refractivity contribution is 5.81. The van der Waals surface area contributed by atoms with Gasteiger partial charge in [-0.3, -0.25) is 4.79 Å². The minimum Gasteiger partial charge on any atom is -0.497 e. The molecule has 0 aliphatic heterocycles. The van der Waals surface area contributed by atoms with Crippen LogP contribution in [0.1, 0.15) is 12.8 Å². The molecule has 1 heterocycles. The molecule has 0 amide bonds. The Bertz CT molecular complexity index is 578. The van der Waals surface area contributed by atoms with Crippen LogP contribution in [0.25, 0.3) is 11.4 Å². The first-order valence-electron chi connectivity index (χ1n) is 6.28. The van der Waals surface area contributed by atoms with Gasteiger partial charge < -0.3 is 14.6 Å². The summed E-state index contributed by atoms with van der Waals surface area (Å²) in [7, 11) is 3.34. The lowest BCUT2D eigenvalue weighted by Gasteiger charge is -2.08. The van der Waals surface area contributed by atoms with Crippen molar-refractivity contribution in [1.29, 1.82) is 0 Å². The van der Waals surface area contributed by atoms with Crippen LogP contribution in [0.2, 0.25) is 0 Å². The second-order valence-electron chi connectivity index (χ2n) is 4.40. The summed E-state index contributed by atoms with van der Waals surface area (Å²) in [5.74, 6) is 1.74. The normalized spacial score (nSPS) is 12.2. The topological polar surface area (TPSA) is 77.2 Å². The maximum absolute atomic E-state index is 11.4. The Morgan fingerprint density at radius 2 is 2.10 bits per heavy atom.